The Morgan fingerprint density at radius 1 is 1.38 bits per heavy atom. The number of nitrogens with zero attached hydrogens (tertiary/aromatic N) is 1. The number of rotatable bonds is 7. The number of amides is 1. The maximum Gasteiger partial charge on any atom is 0.256 e. The van der Waals surface area contributed by atoms with Crippen LogP contribution >= 0.6 is 22.9 Å². The number of nitriles is 1. The van der Waals surface area contributed by atoms with Crippen molar-refractivity contribution in [1.82, 2.24) is 0 Å². The van der Waals surface area contributed by atoms with Gasteiger partial charge in [0.25, 0.3) is 5.91 Å². The number of halogens is 1. The summed E-state index contributed by atoms with van der Waals surface area (Å²) in [7, 11) is 1.50. The standard InChI is InChI=1S/C19H21ClN2O3S/c1-5-14-6-13(9-21)19(26-14)22-18(23)12-7-15(20)17(16(8-12)24-4)25-10-11(2)3/h6-8,11H,5,10H2,1-4H3,(H,22,23). The molecule has 26 heavy (non-hydrogen) atoms. The van der Waals surface area contributed by atoms with Crippen LogP contribution in [0.5, 0.6) is 11.5 Å². The van der Waals surface area contributed by atoms with Crippen LogP contribution in [0.25, 0.3) is 0 Å². The summed E-state index contributed by atoms with van der Waals surface area (Å²) in [5, 5.41) is 12.8. The van der Waals surface area contributed by atoms with Crippen molar-refractivity contribution < 1.29 is 14.3 Å². The average Bonchev–Trinajstić information content (AvgIpc) is 3.01. The first-order chi connectivity index (χ1) is 12.4. The minimum absolute atomic E-state index is 0.302. The van der Waals surface area contributed by atoms with Gasteiger partial charge in [-0.2, -0.15) is 5.26 Å². The molecule has 1 amide bonds. The van der Waals surface area contributed by atoms with Gasteiger partial charge in [0.05, 0.1) is 24.3 Å². The number of ether oxygens (including phenoxy) is 2. The zero-order chi connectivity index (χ0) is 19.3. The SMILES string of the molecule is CCc1cc(C#N)c(NC(=O)c2cc(Cl)c(OCC(C)C)c(OC)c2)s1. The normalized spacial score (nSPS) is 10.5. The van der Waals surface area contributed by atoms with Crippen LogP contribution in [0.3, 0.4) is 0 Å². The van der Waals surface area contributed by atoms with E-state index in [1.807, 2.05) is 20.8 Å². The highest BCUT2D eigenvalue weighted by Crippen LogP contribution is 2.37. The van der Waals surface area contributed by atoms with Gasteiger partial charge >= 0.3 is 0 Å². The van der Waals surface area contributed by atoms with E-state index >= 15 is 0 Å². The fourth-order valence-corrected chi connectivity index (χ4v) is 3.42. The molecular weight excluding hydrogens is 372 g/mol. The number of carbonyl (C=O) groups is 1. The fraction of sp³-hybridized carbons (Fsp3) is 0.368. The lowest BCUT2D eigenvalue weighted by molar-refractivity contribution is 0.102. The van der Waals surface area contributed by atoms with E-state index in [9.17, 15) is 10.1 Å². The number of benzene rings is 1. The number of methoxy groups -OCH3 is 1. The third-order valence-electron chi connectivity index (χ3n) is 3.53. The maximum atomic E-state index is 12.6. The molecule has 0 fully saturated rings. The lowest BCUT2D eigenvalue weighted by Crippen LogP contribution is -2.13. The molecule has 1 heterocycles. The molecule has 1 aromatic heterocycles. The highest BCUT2D eigenvalue weighted by atomic mass is 35.5. The zero-order valence-corrected chi connectivity index (χ0v) is 16.8. The van der Waals surface area contributed by atoms with Crippen LogP contribution in [-0.4, -0.2) is 19.6 Å². The van der Waals surface area contributed by atoms with E-state index in [1.165, 1.54) is 24.5 Å². The van der Waals surface area contributed by atoms with Crippen molar-refractivity contribution in [2.45, 2.75) is 27.2 Å². The smallest absolute Gasteiger partial charge is 0.256 e. The molecule has 2 rings (SSSR count). The van der Waals surface area contributed by atoms with Crippen molar-refractivity contribution in [3.63, 3.8) is 0 Å². The number of hydrogen-bond acceptors (Lipinski definition) is 5. The van der Waals surface area contributed by atoms with E-state index in [1.54, 1.807) is 12.1 Å². The number of carbonyl (C=O) groups excluding carboxylic acids is 1. The summed E-state index contributed by atoms with van der Waals surface area (Å²) in [5.74, 6) is 0.780. The minimum Gasteiger partial charge on any atom is -0.493 e. The van der Waals surface area contributed by atoms with Crippen molar-refractivity contribution in [2.75, 3.05) is 19.0 Å². The van der Waals surface area contributed by atoms with Crippen LogP contribution < -0.4 is 14.8 Å². The topological polar surface area (TPSA) is 71.4 Å². The lowest BCUT2D eigenvalue weighted by atomic mass is 10.1. The van der Waals surface area contributed by atoms with Gasteiger partial charge in [0.1, 0.15) is 11.1 Å². The molecule has 0 atom stereocenters. The second kappa shape index (κ2) is 8.93. The molecule has 0 unspecified atom stereocenters. The van der Waals surface area contributed by atoms with Gasteiger partial charge in [-0.25, -0.2) is 0 Å². The van der Waals surface area contributed by atoms with Gasteiger partial charge in [-0.1, -0.05) is 32.4 Å². The maximum absolute atomic E-state index is 12.6. The Balaban J connectivity index is 2.28. The van der Waals surface area contributed by atoms with E-state index in [-0.39, 0.29) is 5.91 Å². The summed E-state index contributed by atoms with van der Waals surface area (Å²) in [5.41, 5.74) is 0.786. The third-order valence-corrected chi connectivity index (χ3v) is 5.01. The van der Waals surface area contributed by atoms with E-state index < -0.39 is 0 Å². The van der Waals surface area contributed by atoms with Gasteiger partial charge in [-0.15, -0.1) is 11.3 Å². The quantitative estimate of drug-likeness (QED) is 0.708. The molecule has 5 nitrogen and oxygen atoms in total. The predicted molar refractivity (Wildman–Crippen MR) is 105 cm³/mol. The summed E-state index contributed by atoms with van der Waals surface area (Å²) in [6.07, 6.45) is 0.802. The second-order valence-corrected chi connectivity index (χ2v) is 7.61. The van der Waals surface area contributed by atoms with Crippen LogP contribution in [0.15, 0.2) is 18.2 Å². The fourth-order valence-electron chi connectivity index (χ4n) is 2.21. The van der Waals surface area contributed by atoms with E-state index in [4.69, 9.17) is 21.1 Å². The number of anilines is 1. The summed E-state index contributed by atoms with van der Waals surface area (Å²) in [6, 6.07) is 7.01. The van der Waals surface area contributed by atoms with Crippen molar-refractivity contribution in [2.24, 2.45) is 5.92 Å². The first kappa shape index (κ1) is 20.1. The van der Waals surface area contributed by atoms with E-state index in [0.29, 0.717) is 45.2 Å². The Morgan fingerprint density at radius 2 is 2.12 bits per heavy atom. The molecule has 1 aromatic carbocycles. The molecule has 1 N–H and O–H groups in total. The van der Waals surface area contributed by atoms with Gasteiger partial charge in [0.15, 0.2) is 11.5 Å². The third kappa shape index (κ3) is 4.69. The molecule has 0 aliphatic carbocycles. The highest BCUT2D eigenvalue weighted by Gasteiger charge is 2.18. The largest absolute Gasteiger partial charge is 0.493 e. The second-order valence-electron chi connectivity index (χ2n) is 6.07. The highest BCUT2D eigenvalue weighted by molar-refractivity contribution is 7.16. The van der Waals surface area contributed by atoms with Crippen LogP contribution in [0, 0.1) is 17.2 Å². The minimum atomic E-state index is -0.360. The van der Waals surface area contributed by atoms with Crippen LogP contribution in [0.4, 0.5) is 5.00 Å². The van der Waals surface area contributed by atoms with Gasteiger partial charge in [-0.3, -0.25) is 4.79 Å². The summed E-state index contributed by atoms with van der Waals surface area (Å²) in [4.78, 5) is 13.6. The van der Waals surface area contributed by atoms with Crippen molar-refractivity contribution in [3.05, 3.63) is 39.2 Å². The Kier molecular flexibility index (Phi) is 6.90. The zero-order valence-electron chi connectivity index (χ0n) is 15.2. The average molecular weight is 393 g/mol. The Bertz CT molecular complexity index is 840. The van der Waals surface area contributed by atoms with Crippen LogP contribution in [0.2, 0.25) is 5.02 Å². The first-order valence-corrected chi connectivity index (χ1v) is 9.43. The Morgan fingerprint density at radius 3 is 2.69 bits per heavy atom. The molecule has 0 radical (unpaired) electrons. The number of aryl methyl sites for hydroxylation is 1. The molecule has 138 valence electrons. The van der Waals surface area contributed by atoms with E-state index in [2.05, 4.69) is 11.4 Å². The van der Waals surface area contributed by atoms with Gasteiger partial charge in [0.2, 0.25) is 0 Å². The molecular formula is C19H21ClN2O3S. The van der Waals surface area contributed by atoms with Gasteiger partial charge < -0.3 is 14.8 Å². The molecule has 0 saturated carbocycles. The Hall–Kier alpha value is -2.23. The molecule has 0 aliphatic rings. The van der Waals surface area contributed by atoms with Crippen molar-refractivity contribution >= 4 is 33.8 Å². The van der Waals surface area contributed by atoms with Crippen LogP contribution in [0.1, 0.15) is 41.6 Å². The first-order valence-electron chi connectivity index (χ1n) is 8.24. The van der Waals surface area contributed by atoms with Crippen molar-refractivity contribution in [1.29, 1.82) is 5.26 Å². The summed E-state index contributed by atoms with van der Waals surface area (Å²) in [6.45, 7) is 6.54. The molecule has 0 aliphatic heterocycles. The number of thiophene rings is 1. The van der Waals surface area contributed by atoms with Gasteiger partial charge in [0, 0.05) is 10.4 Å². The molecule has 0 spiro atoms. The van der Waals surface area contributed by atoms with Crippen molar-refractivity contribution in [3.8, 4) is 17.6 Å². The summed E-state index contributed by atoms with van der Waals surface area (Å²) < 4.78 is 11.0. The van der Waals surface area contributed by atoms with Crippen LogP contribution in [-0.2, 0) is 6.42 Å². The molecule has 0 bridgehead atoms. The number of nitrogens with one attached hydrogen (secondary N) is 1. The van der Waals surface area contributed by atoms with E-state index in [0.717, 1.165) is 11.3 Å². The molecule has 0 saturated heterocycles. The predicted octanol–water partition coefficient (Wildman–Crippen LogP) is 5.13. The summed E-state index contributed by atoms with van der Waals surface area (Å²) >= 11 is 7.69. The monoisotopic (exact) mass is 392 g/mol. The lowest BCUT2D eigenvalue weighted by Gasteiger charge is -2.15. The number of hydrogen-bond donors (Lipinski definition) is 1. The Labute approximate surface area is 162 Å². The molecule has 2 aromatic rings. The van der Waals surface area contributed by atoms with Gasteiger partial charge in [-0.05, 0) is 30.5 Å². The molecule has 7 heteroatoms.